The van der Waals surface area contributed by atoms with Crippen molar-refractivity contribution in [2.24, 2.45) is 41.2 Å². The molecule has 0 bridgehead atoms. The van der Waals surface area contributed by atoms with E-state index in [1.54, 1.807) is 0 Å². The number of hydrogen-bond donors (Lipinski definition) is 1. The summed E-state index contributed by atoms with van der Waals surface area (Å²) in [4.78, 5) is 12.8. The van der Waals surface area contributed by atoms with Crippen LogP contribution in [0.1, 0.15) is 99.0 Å². The lowest BCUT2D eigenvalue weighted by Crippen LogP contribution is -2.41. The van der Waals surface area contributed by atoms with Gasteiger partial charge in [-0.15, -0.1) is 0 Å². The van der Waals surface area contributed by atoms with Gasteiger partial charge in [-0.3, -0.25) is 4.79 Å². The van der Waals surface area contributed by atoms with Crippen LogP contribution in [0.3, 0.4) is 0 Å². The molecule has 0 spiro atoms. The predicted molar refractivity (Wildman–Crippen MR) is 142 cm³/mol. The molecule has 3 heteroatoms. The molecular formula is C30H53NO2. The molecule has 0 aromatic heterocycles. The van der Waals surface area contributed by atoms with Gasteiger partial charge in [-0.1, -0.05) is 117 Å². The van der Waals surface area contributed by atoms with Gasteiger partial charge in [0.2, 0.25) is 0 Å². The van der Waals surface area contributed by atoms with Crippen molar-refractivity contribution in [3.05, 3.63) is 35.9 Å². The summed E-state index contributed by atoms with van der Waals surface area (Å²) < 4.78 is 5.93. The zero-order valence-corrected chi connectivity index (χ0v) is 22.7. The van der Waals surface area contributed by atoms with Crippen LogP contribution in [0.2, 0.25) is 0 Å². The Labute approximate surface area is 205 Å². The van der Waals surface area contributed by atoms with Crippen molar-refractivity contribution >= 4 is 5.97 Å². The fourth-order valence-electron chi connectivity index (χ4n) is 6.27. The molecule has 2 N–H and O–H groups in total. The first-order valence-electron chi connectivity index (χ1n) is 13.9. The molecular weight excluding hydrogens is 406 g/mol. The van der Waals surface area contributed by atoms with Crippen molar-refractivity contribution in [3.8, 4) is 0 Å². The highest BCUT2D eigenvalue weighted by Gasteiger charge is 2.40. The van der Waals surface area contributed by atoms with Crippen molar-refractivity contribution in [1.29, 1.82) is 0 Å². The first kappa shape index (κ1) is 29.7. The molecule has 0 radical (unpaired) electrons. The Bertz CT molecular complexity index is 607. The van der Waals surface area contributed by atoms with E-state index in [1.165, 1.54) is 38.5 Å². The number of ether oxygens (including phenoxy) is 1. The van der Waals surface area contributed by atoms with E-state index in [2.05, 4.69) is 48.5 Å². The molecule has 3 nitrogen and oxygen atoms in total. The minimum Gasteiger partial charge on any atom is -0.464 e. The molecule has 0 aliphatic rings. The first-order chi connectivity index (χ1) is 15.9. The van der Waals surface area contributed by atoms with Crippen LogP contribution in [-0.2, 0) is 16.0 Å². The molecule has 0 amide bonds. The van der Waals surface area contributed by atoms with Crippen LogP contribution in [0, 0.1) is 35.5 Å². The maximum Gasteiger partial charge on any atom is 0.323 e. The Morgan fingerprint density at radius 2 is 1.09 bits per heavy atom. The highest BCUT2D eigenvalue weighted by atomic mass is 16.5. The third-order valence-corrected chi connectivity index (χ3v) is 8.33. The van der Waals surface area contributed by atoms with Crippen molar-refractivity contribution in [2.75, 3.05) is 6.61 Å². The molecule has 0 fully saturated rings. The van der Waals surface area contributed by atoms with E-state index in [0.29, 0.717) is 36.7 Å². The van der Waals surface area contributed by atoms with Gasteiger partial charge in [-0.2, -0.15) is 0 Å². The van der Waals surface area contributed by atoms with Crippen molar-refractivity contribution in [3.63, 3.8) is 0 Å². The summed E-state index contributed by atoms with van der Waals surface area (Å²) in [7, 11) is 0. The highest BCUT2D eigenvalue weighted by molar-refractivity contribution is 5.75. The summed E-state index contributed by atoms with van der Waals surface area (Å²) in [5, 5.41) is 0. The van der Waals surface area contributed by atoms with Gasteiger partial charge >= 0.3 is 5.97 Å². The molecule has 3 atom stereocenters. The van der Waals surface area contributed by atoms with Crippen LogP contribution in [-0.4, -0.2) is 18.6 Å². The average molecular weight is 460 g/mol. The number of carbonyl (C=O) groups excluding carboxylic acids is 1. The molecule has 0 aliphatic carbocycles. The molecule has 190 valence electrons. The van der Waals surface area contributed by atoms with Gasteiger partial charge < -0.3 is 10.5 Å². The summed E-state index contributed by atoms with van der Waals surface area (Å²) in [5.74, 6) is 3.50. The highest BCUT2D eigenvalue weighted by Crippen LogP contribution is 2.46. The number of carbonyl (C=O) groups is 1. The topological polar surface area (TPSA) is 52.3 Å². The second kappa shape index (κ2) is 16.3. The average Bonchev–Trinajstić information content (AvgIpc) is 2.84. The molecule has 1 aromatic carbocycles. The van der Waals surface area contributed by atoms with E-state index in [-0.39, 0.29) is 5.97 Å². The van der Waals surface area contributed by atoms with Crippen LogP contribution in [0.25, 0.3) is 0 Å². The van der Waals surface area contributed by atoms with Crippen molar-refractivity contribution in [1.82, 2.24) is 0 Å². The molecule has 3 unspecified atom stereocenters. The molecule has 0 heterocycles. The van der Waals surface area contributed by atoms with Gasteiger partial charge in [0.05, 0.1) is 6.61 Å². The van der Waals surface area contributed by atoms with Gasteiger partial charge in [0.1, 0.15) is 6.04 Å². The minimum absolute atomic E-state index is 0.262. The maximum atomic E-state index is 12.8. The first-order valence-corrected chi connectivity index (χ1v) is 13.9. The number of rotatable bonds is 17. The fraction of sp³-hybridized carbons (Fsp3) is 0.767. The molecule has 1 aromatic rings. The lowest BCUT2D eigenvalue weighted by atomic mass is 9.60. The van der Waals surface area contributed by atoms with E-state index in [4.69, 9.17) is 10.5 Å². The Morgan fingerprint density at radius 1 is 0.697 bits per heavy atom. The number of benzene rings is 1. The van der Waals surface area contributed by atoms with Crippen molar-refractivity contribution < 1.29 is 9.53 Å². The summed E-state index contributed by atoms with van der Waals surface area (Å²) in [5.41, 5.74) is 7.31. The van der Waals surface area contributed by atoms with Gasteiger partial charge in [-0.05, 0) is 53.9 Å². The summed E-state index contributed by atoms with van der Waals surface area (Å²) >= 11 is 0. The standard InChI is InChI=1S/C30H53NO2/c1-8-23(9-2)28(24(10-3)11-4)29(25(12-5)13-6)26(14-7)21-33-30(32)27(31)20-22-18-16-15-17-19-22/h15-19,23-29H,8-14,20-21,31H2,1-7H3. The van der Waals surface area contributed by atoms with Crippen molar-refractivity contribution in [2.45, 2.75) is 106 Å². The van der Waals surface area contributed by atoms with E-state index >= 15 is 0 Å². The molecule has 0 saturated heterocycles. The summed E-state index contributed by atoms with van der Waals surface area (Å²) in [6, 6.07) is 9.37. The van der Waals surface area contributed by atoms with E-state index < -0.39 is 6.04 Å². The normalized spacial score (nSPS) is 14.8. The largest absolute Gasteiger partial charge is 0.464 e. The van der Waals surface area contributed by atoms with E-state index in [1.807, 2.05) is 30.3 Å². The molecule has 33 heavy (non-hydrogen) atoms. The quantitative estimate of drug-likeness (QED) is 0.243. The van der Waals surface area contributed by atoms with Crippen LogP contribution in [0.5, 0.6) is 0 Å². The molecule has 0 saturated carbocycles. The summed E-state index contributed by atoms with van der Waals surface area (Å²) in [6.07, 6.45) is 8.86. The SMILES string of the molecule is CCC(CC)C(C(CC)CC)C(C(CC)CC)C(CC)COC(=O)C(N)Cc1ccccc1. The van der Waals surface area contributed by atoms with E-state index in [0.717, 1.165) is 23.8 Å². The smallest absolute Gasteiger partial charge is 0.323 e. The lowest BCUT2D eigenvalue weighted by molar-refractivity contribution is -0.148. The Kier molecular flexibility index (Phi) is 14.7. The van der Waals surface area contributed by atoms with Crippen LogP contribution in [0.4, 0.5) is 0 Å². The van der Waals surface area contributed by atoms with Gasteiger partial charge in [-0.25, -0.2) is 0 Å². The number of esters is 1. The lowest BCUT2D eigenvalue weighted by Gasteiger charge is -2.45. The number of nitrogens with two attached hydrogens (primary N) is 1. The van der Waals surface area contributed by atoms with Crippen LogP contribution >= 0.6 is 0 Å². The van der Waals surface area contributed by atoms with Gasteiger partial charge in [0, 0.05) is 0 Å². The third-order valence-electron chi connectivity index (χ3n) is 8.33. The predicted octanol–water partition coefficient (Wildman–Crippen LogP) is 7.67. The monoisotopic (exact) mass is 459 g/mol. The fourth-order valence-corrected chi connectivity index (χ4v) is 6.27. The summed E-state index contributed by atoms with van der Waals surface area (Å²) in [6.45, 7) is 16.9. The van der Waals surface area contributed by atoms with Crippen LogP contribution in [0.15, 0.2) is 30.3 Å². The zero-order valence-electron chi connectivity index (χ0n) is 22.7. The zero-order chi connectivity index (χ0) is 24.8. The van der Waals surface area contributed by atoms with Crippen LogP contribution < -0.4 is 5.73 Å². The molecule has 0 aliphatic heterocycles. The second-order valence-electron chi connectivity index (χ2n) is 9.98. The Morgan fingerprint density at radius 3 is 1.48 bits per heavy atom. The Balaban J connectivity index is 3.09. The van der Waals surface area contributed by atoms with Gasteiger partial charge in [0.25, 0.3) is 0 Å². The van der Waals surface area contributed by atoms with Gasteiger partial charge in [0.15, 0.2) is 0 Å². The maximum absolute atomic E-state index is 12.8. The second-order valence-corrected chi connectivity index (χ2v) is 9.98. The number of hydrogen-bond acceptors (Lipinski definition) is 3. The Hall–Kier alpha value is -1.35. The van der Waals surface area contributed by atoms with E-state index in [9.17, 15) is 4.79 Å². The minimum atomic E-state index is -0.606. The molecule has 1 rings (SSSR count). The third kappa shape index (κ3) is 8.74.